The Morgan fingerprint density at radius 1 is 1.38 bits per heavy atom. The zero-order chi connectivity index (χ0) is 15.1. The Hall–Kier alpha value is -2.34. The van der Waals surface area contributed by atoms with Gasteiger partial charge in [0.2, 0.25) is 5.88 Å². The molecule has 0 atom stereocenters. The van der Waals surface area contributed by atoms with Gasteiger partial charge in [0.15, 0.2) is 0 Å². The first kappa shape index (κ1) is 15.1. The lowest BCUT2D eigenvalue weighted by Gasteiger charge is -2.07. The molecule has 6 heteroatoms. The summed E-state index contributed by atoms with van der Waals surface area (Å²) in [5.41, 5.74) is 0.582. The largest absolute Gasteiger partial charge is 0.439 e. The van der Waals surface area contributed by atoms with Crippen molar-refractivity contribution in [3.63, 3.8) is 0 Å². The van der Waals surface area contributed by atoms with Gasteiger partial charge >= 0.3 is 6.03 Å². The Labute approximate surface area is 131 Å². The molecule has 2 N–H and O–H groups in total. The lowest BCUT2D eigenvalue weighted by Crippen LogP contribution is -2.28. The molecule has 0 aliphatic heterocycles. The van der Waals surface area contributed by atoms with Crippen molar-refractivity contribution in [1.82, 2.24) is 10.3 Å². The number of hydrogen-bond acceptors (Lipinski definition) is 3. The van der Waals surface area contributed by atoms with Gasteiger partial charge < -0.3 is 15.4 Å². The molecule has 0 spiro atoms. The first-order valence-corrected chi connectivity index (χ1v) is 7.02. The summed E-state index contributed by atoms with van der Waals surface area (Å²) < 4.78 is 6.53. The minimum atomic E-state index is -0.308. The van der Waals surface area contributed by atoms with E-state index in [1.165, 1.54) is 6.20 Å². The third-order valence-electron chi connectivity index (χ3n) is 2.42. The van der Waals surface area contributed by atoms with Gasteiger partial charge in [-0.25, -0.2) is 9.78 Å². The summed E-state index contributed by atoms with van der Waals surface area (Å²) >= 11 is 3.37. The van der Waals surface area contributed by atoms with Crippen LogP contribution in [0.25, 0.3) is 0 Å². The standard InChI is InChI=1S/C15H14BrN3O2/c1-2-8-17-15(20)19-12-6-7-14(18-10-12)21-13-5-3-4-11(16)9-13/h2-7,9-10H,1,8H2,(H2,17,19,20). The summed E-state index contributed by atoms with van der Waals surface area (Å²) in [6.07, 6.45) is 3.13. The van der Waals surface area contributed by atoms with Crippen LogP contribution in [0.2, 0.25) is 0 Å². The highest BCUT2D eigenvalue weighted by molar-refractivity contribution is 9.10. The lowest BCUT2D eigenvalue weighted by atomic mass is 10.3. The van der Waals surface area contributed by atoms with Gasteiger partial charge in [-0.05, 0) is 24.3 Å². The molecule has 0 radical (unpaired) electrons. The molecular weight excluding hydrogens is 334 g/mol. The molecule has 108 valence electrons. The minimum absolute atomic E-state index is 0.308. The van der Waals surface area contributed by atoms with Crippen LogP contribution in [0.3, 0.4) is 0 Å². The molecule has 2 aromatic rings. The number of carbonyl (C=O) groups excluding carboxylic acids is 1. The molecule has 0 fully saturated rings. The van der Waals surface area contributed by atoms with Crippen LogP contribution in [0, 0.1) is 0 Å². The Kier molecular flexibility index (Phi) is 5.34. The van der Waals surface area contributed by atoms with Crippen LogP contribution in [0.15, 0.2) is 59.7 Å². The maximum absolute atomic E-state index is 11.5. The summed E-state index contributed by atoms with van der Waals surface area (Å²) in [7, 11) is 0. The number of urea groups is 1. The third kappa shape index (κ3) is 4.92. The van der Waals surface area contributed by atoms with E-state index in [9.17, 15) is 4.79 Å². The minimum Gasteiger partial charge on any atom is -0.439 e. The summed E-state index contributed by atoms with van der Waals surface area (Å²) in [6.45, 7) is 3.93. The van der Waals surface area contributed by atoms with E-state index in [1.807, 2.05) is 24.3 Å². The molecule has 5 nitrogen and oxygen atoms in total. The molecule has 0 unspecified atom stereocenters. The van der Waals surface area contributed by atoms with E-state index >= 15 is 0 Å². The van der Waals surface area contributed by atoms with Crippen molar-refractivity contribution in [2.24, 2.45) is 0 Å². The SMILES string of the molecule is C=CCNC(=O)Nc1ccc(Oc2cccc(Br)c2)nc1. The number of nitrogens with zero attached hydrogens (tertiary/aromatic N) is 1. The van der Waals surface area contributed by atoms with Crippen LogP contribution in [-0.4, -0.2) is 17.6 Å². The number of carbonyl (C=O) groups is 1. The summed E-state index contributed by atoms with van der Waals surface area (Å²) in [6, 6.07) is 10.6. The van der Waals surface area contributed by atoms with Crippen molar-refractivity contribution < 1.29 is 9.53 Å². The number of benzene rings is 1. The van der Waals surface area contributed by atoms with E-state index < -0.39 is 0 Å². The fourth-order valence-corrected chi connectivity index (χ4v) is 1.88. The molecule has 21 heavy (non-hydrogen) atoms. The smallest absolute Gasteiger partial charge is 0.319 e. The maximum atomic E-state index is 11.5. The van der Waals surface area contributed by atoms with Crippen molar-refractivity contribution in [2.75, 3.05) is 11.9 Å². The zero-order valence-electron chi connectivity index (χ0n) is 11.2. The van der Waals surface area contributed by atoms with Gasteiger partial charge in [-0.2, -0.15) is 0 Å². The molecule has 0 aliphatic rings. The van der Waals surface area contributed by atoms with Gasteiger partial charge in [-0.15, -0.1) is 6.58 Å². The summed E-state index contributed by atoms with van der Waals surface area (Å²) in [5, 5.41) is 5.26. The van der Waals surface area contributed by atoms with Gasteiger partial charge in [-0.1, -0.05) is 28.1 Å². The first-order valence-electron chi connectivity index (χ1n) is 6.22. The number of nitrogens with one attached hydrogen (secondary N) is 2. The van der Waals surface area contributed by atoms with Crippen LogP contribution in [0.5, 0.6) is 11.6 Å². The fraction of sp³-hybridized carbons (Fsp3) is 0.0667. The molecule has 2 amide bonds. The normalized spacial score (nSPS) is 9.76. The van der Waals surface area contributed by atoms with Crippen LogP contribution < -0.4 is 15.4 Å². The number of rotatable bonds is 5. The number of ether oxygens (including phenoxy) is 1. The second-order valence-corrected chi connectivity index (χ2v) is 4.98. The Balaban J connectivity index is 1.95. The molecule has 0 bridgehead atoms. The molecule has 0 aliphatic carbocycles. The van der Waals surface area contributed by atoms with E-state index in [1.54, 1.807) is 18.2 Å². The van der Waals surface area contributed by atoms with Crippen molar-refractivity contribution in [1.29, 1.82) is 0 Å². The van der Waals surface area contributed by atoms with Crippen molar-refractivity contribution >= 4 is 27.6 Å². The van der Waals surface area contributed by atoms with Gasteiger partial charge in [0.1, 0.15) is 5.75 Å². The molecule has 1 aromatic heterocycles. The molecule has 1 aromatic carbocycles. The van der Waals surface area contributed by atoms with Crippen molar-refractivity contribution in [3.8, 4) is 11.6 Å². The van der Waals surface area contributed by atoms with Crippen LogP contribution in [0.4, 0.5) is 10.5 Å². The number of halogens is 1. The van der Waals surface area contributed by atoms with Gasteiger partial charge in [-0.3, -0.25) is 0 Å². The number of aromatic nitrogens is 1. The quantitative estimate of drug-likeness (QED) is 0.805. The van der Waals surface area contributed by atoms with Gasteiger partial charge in [0.25, 0.3) is 0 Å². The van der Waals surface area contributed by atoms with Gasteiger partial charge in [0, 0.05) is 17.1 Å². The monoisotopic (exact) mass is 347 g/mol. The maximum Gasteiger partial charge on any atom is 0.319 e. The highest BCUT2D eigenvalue weighted by Crippen LogP contribution is 2.23. The van der Waals surface area contributed by atoms with E-state index in [0.717, 1.165) is 4.47 Å². The number of pyridine rings is 1. The fourth-order valence-electron chi connectivity index (χ4n) is 1.51. The molecule has 0 saturated heterocycles. The second kappa shape index (κ2) is 7.44. The number of anilines is 1. The van der Waals surface area contributed by atoms with Crippen LogP contribution in [-0.2, 0) is 0 Å². The van der Waals surface area contributed by atoms with E-state index in [0.29, 0.717) is 23.9 Å². The average Bonchev–Trinajstić information content (AvgIpc) is 2.47. The third-order valence-corrected chi connectivity index (χ3v) is 2.91. The molecule has 2 rings (SSSR count). The number of amides is 2. The van der Waals surface area contributed by atoms with E-state index in [-0.39, 0.29) is 6.03 Å². The average molecular weight is 348 g/mol. The number of hydrogen-bond donors (Lipinski definition) is 2. The van der Waals surface area contributed by atoms with Crippen molar-refractivity contribution in [3.05, 3.63) is 59.7 Å². The van der Waals surface area contributed by atoms with Crippen molar-refractivity contribution in [2.45, 2.75) is 0 Å². The zero-order valence-corrected chi connectivity index (χ0v) is 12.8. The summed E-state index contributed by atoms with van der Waals surface area (Å²) in [5.74, 6) is 1.13. The highest BCUT2D eigenvalue weighted by atomic mass is 79.9. The predicted octanol–water partition coefficient (Wildman–Crippen LogP) is 3.94. The molecular formula is C15H14BrN3O2. The predicted molar refractivity (Wildman–Crippen MR) is 85.7 cm³/mol. The highest BCUT2D eigenvalue weighted by Gasteiger charge is 2.02. The topological polar surface area (TPSA) is 63.2 Å². The molecule has 1 heterocycles. The second-order valence-electron chi connectivity index (χ2n) is 4.07. The molecule has 0 saturated carbocycles. The Morgan fingerprint density at radius 2 is 2.24 bits per heavy atom. The lowest BCUT2D eigenvalue weighted by molar-refractivity contribution is 0.253. The Bertz CT molecular complexity index is 629. The Morgan fingerprint density at radius 3 is 2.90 bits per heavy atom. The summed E-state index contributed by atoms with van der Waals surface area (Å²) in [4.78, 5) is 15.6. The van der Waals surface area contributed by atoms with Crippen LogP contribution >= 0.6 is 15.9 Å². The first-order chi connectivity index (χ1) is 10.2. The van der Waals surface area contributed by atoms with Gasteiger partial charge in [0.05, 0.1) is 11.9 Å². The van der Waals surface area contributed by atoms with E-state index in [4.69, 9.17) is 4.74 Å². The van der Waals surface area contributed by atoms with Crippen LogP contribution in [0.1, 0.15) is 0 Å². The van der Waals surface area contributed by atoms with E-state index in [2.05, 4.69) is 38.1 Å².